The van der Waals surface area contributed by atoms with E-state index < -0.39 is 0 Å². The molecule has 96 valence electrons. The first kappa shape index (κ1) is 12.1. The second-order valence-corrected chi connectivity index (χ2v) is 5.52. The van der Waals surface area contributed by atoms with E-state index in [2.05, 4.69) is 58.8 Å². The van der Waals surface area contributed by atoms with Crippen molar-refractivity contribution in [1.82, 2.24) is 9.97 Å². The largest absolute Gasteiger partial charge is 0.365 e. The van der Waals surface area contributed by atoms with Crippen molar-refractivity contribution >= 4 is 27.4 Å². The summed E-state index contributed by atoms with van der Waals surface area (Å²) in [4.78, 5) is 9.70. The van der Waals surface area contributed by atoms with Crippen LogP contribution in [0, 0.1) is 13.8 Å². The molecule has 3 aromatic rings. The topological polar surface area (TPSA) is 37.8 Å². The van der Waals surface area contributed by atoms with Gasteiger partial charge in [-0.3, -0.25) is 0 Å². The first-order valence-corrected chi connectivity index (χ1v) is 7.10. The van der Waals surface area contributed by atoms with E-state index >= 15 is 0 Å². The van der Waals surface area contributed by atoms with Gasteiger partial charge in [0.1, 0.15) is 17.0 Å². The monoisotopic (exact) mass is 269 g/mol. The highest BCUT2D eigenvalue weighted by Crippen LogP contribution is 2.28. The van der Waals surface area contributed by atoms with Gasteiger partial charge in [0.15, 0.2) is 0 Å². The Labute approximate surface area is 116 Å². The third-order valence-electron chi connectivity index (χ3n) is 3.10. The first-order valence-electron chi connectivity index (χ1n) is 6.22. The highest BCUT2D eigenvalue weighted by atomic mass is 32.1. The van der Waals surface area contributed by atoms with E-state index in [0.29, 0.717) is 0 Å². The van der Waals surface area contributed by atoms with Crippen LogP contribution in [0.4, 0.5) is 5.82 Å². The van der Waals surface area contributed by atoms with Crippen LogP contribution in [0.25, 0.3) is 10.2 Å². The van der Waals surface area contributed by atoms with Crippen molar-refractivity contribution in [3.05, 3.63) is 52.7 Å². The fraction of sp³-hybridized carbons (Fsp3) is 0.200. The van der Waals surface area contributed by atoms with Gasteiger partial charge in [-0.15, -0.1) is 11.3 Å². The van der Waals surface area contributed by atoms with Crippen LogP contribution in [0.5, 0.6) is 0 Å². The fourth-order valence-corrected chi connectivity index (χ4v) is 3.05. The molecule has 4 heteroatoms. The minimum atomic E-state index is 0.781. The molecule has 0 bridgehead atoms. The Hall–Kier alpha value is -1.94. The molecule has 0 aliphatic rings. The summed E-state index contributed by atoms with van der Waals surface area (Å²) in [5, 5.41) is 6.67. The van der Waals surface area contributed by atoms with Gasteiger partial charge < -0.3 is 5.32 Å². The molecule has 1 N–H and O–H groups in total. The molecule has 0 fully saturated rings. The Morgan fingerprint density at radius 1 is 1.21 bits per heavy atom. The second kappa shape index (κ2) is 4.97. The number of nitrogens with zero attached hydrogens (tertiary/aromatic N) is 2. The third kappa shape index (κ3) is 2.44. The van der Waals surface area contributed by atoms with Crippen molar-refractivity contribution in [2.24, 2.45) is 0 Å². The van der Waals surface area contributed by atoms with E-state index in [4.69, 9.17) is 0 Å². The van der Waals surface area contributed by atoms with E-state index in [0.717, 1.165) is 22.6 Å². The van der Waals surface area contributed by atoms with E-state index in [1.165, 1.54) is 16.7 Å². The summed E-state index contributed by atoms with van der Waals surface area (Å²) in [7, 11) is 0. The summed E-state index contributed by atoms with van der Waals surface area (Å²) in [5.41, 5.74) is 3.77. The number of anilines is 1. The molecular formula is C15H15N3S. The van der Waals surface area contributed by atoms with E-state index in [-0.39, 0.29) is 0 Å². The van der Waals surface area contributed by atoms with Crippen molar-refractivity contribution in [1.29, 1.82) is 0 Å². The summed E-state index contributed by atoms with van der Waals surface area (Å²) in [6.45, 7) is 4.98. The molecule has 0 saturated carbocycles. The molecule has 3 nitrogen and oxygen atoms in total. The minimum absolute atomic E-state index is 0.781. The number of hydrogen-bond donors (Lipinski definition) is 1. The molecule has 0 aliphatic carbocycles. The molecule has 0 amide bonds. The maximum Gasteiger partial charge on any atom is 0.138 e. The van der Waals surface area contributed by atoms with E-state index in [9.17, 15) is 0 Å². The molecule has 0 atom stereocenters. The summed E-state index contributed by atoms with van der Waals surface area (Å²) >= 11 is 1.66. The Bertz CT molecular complexity index is 718. The first-order chi connectivity index (χ1) is 9.24. The molecule has 2 aromatic heterocycles. The van der Waals surface area contributed by atoms with Gasteiger partial charge in [0.05, 0.1) is 5.39 Å². The second-order valence-electron chi connectivity index (χ2n) is 4.66. The van der Waals surface area contributed by atoms with Crippen LogP contribution >= 0.6 is 11.3 Å². The van der Waals surface area contributed by atoms with Gasteiger partial charge in [0, 0.05) is 6.54 Å². The third-order valence-corrected chi connectivity index (χ3v) is 4.10. The highest BCUT2D eigenvalue weighted by molar-refractivity contribution is 7.17. The van der Waals surface area contributed by atoms with Crippen molar-refractivity contribution in [2.45, 2.75) is 20.4 Å². The maximum atomic E-state index is 4.36. The van der Waals surface area contributed by atoms with Crippen LogP contribution in [0.1, 0.15) is 16.7 Å². The molecule has 0 unspecified atom stereocenters. The van der Waals surface area contributed by atoms with Gasteiger partial charge in [0.25, 0.3) is 0 Å². The van der Waals surface area contributed by atoms with Crippen LogP contribution in [0.2, 0.25) is 0 Å². The Morgan fingerprint density at radius 2 is 2.11 bits per heavy atom. The molecule has 0 aliphatic heterocycles. The number of aryl methyl sites for hydroxylation is 2. The molecule has 1 aromatic carbocycles. The smallest absolute Gasteiger partial charge is 0.138 e. The van der Waals surface area contributed by atoms with E-state index in [1.807, 2.05) is 0 Å². The van der Waals surface area contributed by atoms with Crippen LogP contribution in [0.15, 0.2) is 36.0 Å². The molecule has 19 heavy (non-hydrogen) atoms. The minimum Gasteiger partial charge on any atom is -0.365 e. The predicted octanol–water partition coefficient (Wildman–Crippen LogP) is 3.92. The Morgan fingerprint density at radius 3 is 2.95 bits per heavy atom. The number of benzene rings is 1. The van der Waals surface area contributed by atoms with Crippen molar-refractivity contribution in [3.8, 4) is 0 Å². The summed E-state index contributed by atoms with van der Waals surface area (Å²) in [5.74, 6) is 0.922. The van der Waals surface area contributed by atoms with Crippen molar-refractivity contribution in [2.75, 3.05) is 5.32 Å². The standard InChI is InChI=1S/C15H15N3S/c1-10-4-3-5-12(6-10)7-16-14-13-11(2)8-19-15(13)18-9-17-14/h3-6,8-9H,7H2,1-2H3,(H,16,17,18). The summed E-state index contributed by atoms with van der Waals surface area (Å²) in [6.07, 6.45) is 1.62. The van der Waals surface area contributed by atoms with Gasteiger partial charge in [-0.25, -0.2) is 9.97 Å². The molecular weight excluding hydrogens is 254 g/mol. The molecule has 0 radical (unpaired) electrons. The number of hydrogen-bond acceptors (Lipinski definition) is 4. The zero-order valence-electron chi connectivity index (χ0n) is 11.0. The van der Waals surface area contributed by atoms with Crippen molar-refractivity contribution in [3.63, 3.8) is 0 Å². The van der Waals surface area contributed by atoms with Crippen LogP contribution < -0.4 is 5.32 Å². The molecule has 0 saturated heterocycles. The fourth-order valence-electron chi connectivity index (χ4n) is 2.16. The molecule has 3 rings (SSSR count). The Balaban J connectivity index is 1.88. The van der Waals surface area contributed by atoms with Gasteiger partial charge in [-0.2, -0.15) is 0 Å². The average molecular weight is 269 g/mol. The quantitative estimate of drug-likeness (QED) is 0.783. The highest BCUT2D eigenvalue weighted by Gasteiger charge is 2.08. The zero-order chi connectivity index (χ0) is 13.2. The summed E-state index contributed by atoms with van der Waals surface area (Å²) in [6, 6.07) is 8.50. The van der Waals surface area contributed by atoms with Gasteiger partial charge >= 0.3 is 0 Å². The molecule has 0 spiro atoms. The average Bonchev–Trinajstić information content (AvgIpc) is 2.79. The normalized spacial score (nSPS) is 10.8. The van der Waals surface area contributed by atoms with Crippen molar-refractivity contribution < 1.29 is 0 Å². The van der Waals surface area contributed by atoms with Crippen LogP contribution in [-0.2, 0) is 6.54 Å². The lowest BCUT2D eigenvalue weighted by molar-refractivity contribution is 1.10. The maximum absolute atomic E-state index is 4.36. The number of nitrogens with one attached hydrogen (secondary N) is 1. The lowest BCUT2D eigenvalue weighted by Crippen LogP contribution is -2.02. The number of fused-ring (bicyclic) bond motifs is 1. The number of aromatic nitrogens is 2. The van der Waals surface area contributed by atoms with Crippen LogP contribution in [-0.4, -0.2) is 9.97 Å². The lowest BCUT2D eigenvalue weighted by atomic mass is 10.1. The van der Waals surface area contributed by atoms with Gasteiger partial charge in [-0.1, -0.05) is 29.8 Å². The van der Waals surface area contributed by atoms with E-state index in [1.54, 1.807) is 17.7 Å². The van der Waals surface area contributed by atoms with Gasteiger partial charge in [-0.05, 0) is 30.4 Å². The zero-order valence-corrected chi connectivity index (χ0v) is 11.8. The number of thiophene rings is 1. The summed E-state index contributed by atoms with van der Waals surface area (Å²) < 4.78 is 0. The van der Waals surface area contributed by atoms with Crippen LogP contribution in [0.3, 0.4) is 0 Å². The SMILES string of the molecule is Cc1cccc(CNc2ncnc3scc(C)c23)c1. The Kier molecular flexibility index (Phi) is 3.17. The van der Waals surface area contributed by atoms with Gasteiger partial charge in [0.2, 0.25) is 0 Å². The molecule has 2 heterocycles. The number of rotatable bonds is 3. The predicted molar refractivity (Wildman–Crippen MR) is 80.7 cm³/mol. The lowest BCUT2D eigenvalue weighted by Gasteiger charge is -2.07.